The number of benzene rings is 2. The van der Waals surface area contributed by atoms with E-state index in [0.717, 1.165) is 18.5 Å². The Balaban J connectivity index is 1.84. The number of anilines is 1. The summed E-state index contributed by atoms with van der Waals surface area (Å²) in [6, 6.07) is 14.3. The molecular formula is C17H19NO2. The normalized spacial score (nSPS) is 17.4. The van der Waals surface area contributed by atoms with Gasteiger partial charge in [-0.25, -0.2) is 0 Å². The predicted molar refractivity (Wildman–Crippen MR) is 80.4 cm³/mol. The summed E-state index contributed by atoms with van der Waals surface area (Å²) in [5, 5.41) is 13.4. The summed E-state index contributed by atoms with van der Waals surface area (Å²) in [7, 11) is 1.56. The highest BCUT2D eigenvalue weighted by Gasteiger charge is 2.19. The van der Waals surface area contributed by atoms with Crippen molar-refractivity contribution in [2.45, 2.75) is 25.3 Å². The molecule has 3 nitrogen and oxygen atoms in total. The Hall–Kier alpha value is -2.16. The lowest BCUT2D eigenvalue weighted by molar-refractivity contribution is 0.373. The number of aromatic hydroxyl groups is 1. The Bertz CT molecular complexity index is 610. The van der Waals surface area contributed by atoms with Crippen LogP contribution in [0.3, 0.4) is 0 Å². The first kappa shape index (κ1) is 12.9. The van der Waals surface area contributed by atoms with E-state index in [-0.39, 0.29) is 5.75 Å². The summed E-state index contributed by atoms with van der Waals surface area (Å²) in [6.45, 7) is 0. The Morgan fingerprint density at radius 2 is 2.05 bits per heavy atom. The van der Waals surface area contributed by atoms with E-state index in [1.54, 1.807) is 19.2 Å². The molecular weight excluding hydrogens is 250 g/mol. The van der Waals surface area contributed by atoms with Crippen LogP contribution in [0.25, 0.3) is 0 Å². The first-order valence-electron chi connectivity index (χ1n) is 6.99. The van der Waals surface area contributed by atoms with Gasteiger partial charge in [0, 0.05) is 11.8 Å². The molecule has 0 aliphatic heterocycles. The number of fused-ring (bicyclic) bond motifs is 1. The van der Waals surface area contributed by atoms with Crippen molar-refractivity contribution in [2.24, 2.45) is 0 Å². The van der Waals surface area contributed by atoms with Crippen LogP contribution < -0.4 is 10.1 Å². The molecule has 0 saturated heterocycles. The Labute approximate surface area is 119 Å². The van der Waals surface area contributed by atoms with E-state index in [1.807, 2.05) is 6.07 Å². The lowest BCUT2D eigenvalue weighted by Crippen LogP contribution is -2.17. The fraction of sp³-hybridized carbons (Fsp3) is 0.294. The topological polar surface area (TPSA) is 41.5 Å². The molecule has 104 valence electrons. The van der Waals surface area contributed by atoms with Gasteiger partial charge in [0.15, 0.2) is 11.5 Å². The van der Waals surface area contributed by atoms with Crippen LogP contribution in [0.2, 0.25) is 0 Å². The molecule has 0 heterocycles. The molecule has 0 radical (unpaired) electrons. The van der Waals surface area contributed by atoms with Gasteiger partial charge in [-0.3, -0.25) is 0 Å². The van der Waals surface area contributed by atoms with Crippen LogP contribution in [0.5, 0.6) is 11.5 Å². The summed E-state index contributed by atoms with van der Waals surface area (Å²) < 4.78 is 5.07. The van der Waals surface area contributed by atoms with E-state index in [9.17, 15) is 5.11 Å². The largest absolute Gasteiger partial charge is 0.504 e. The molecule has 0 fully saturated rings. The third-order valence-corrected chi connectivity index (χ3v) is 3.89. The molecule has 0 spiro atoms. The SMILES string of the molecule is COc1ccc(NC2CCCc3ccccc32)cc1O. The second-order valence-electron chi connectivity index (χ2n) is 5.17. The lowest BCUT2D eigenvalue weighted by atomic mass is 9.87. The summed E-state index contributed by atoms with van der Waals surface area (Å²) in [5.74, 6) is 0.668. The van der Waals surface area contributed by atoms with Gasteiger partial charge in [-0.15, -0.1) is 0 Å². The minimum atomic E-state index is 0.168. The lowest BCUT2D eigenvalue weighted by Gasteiger charge is -2.27. The van der Waals surface area contributed by atoms with Gasteiger partial charge in [-0.2, -0.15) is 0 Å². The molecule has 1 aliphatic carbocycles. The average molecular weight is 269 g/mol. The zero-order valence-electron chi connectivity index (χ0n) is 11.6. The molecule has 2 aromatic rings. The maximum atomic E-state index is 9.85. The molecule has 3 rings (SSSR count). The molecule has 2 aromatic carbocycles. The quantitative estimate of drug-likeness (QED) is 0.888. The Morgan fingerprint density at radius 1 is 1.20 bits per heavy atom. The fourth-order valence-corrected chi connectivity index (χ4v) is 2.88. The minimum Gasteiger partial charge on any atom is -0.504 e. The molecule has 0 bridgehead atoms. The monoisotopic (exact) mass is 269 g/mol. The number of ether oxygens (including phenoxy) is 1. The number of hydrogen-bond acceptors (Lipinski definition) is 3. The van der Waals surface area contributed by atoms with Gasteiger partial charge in [0.1, 0.15) is 0 Å². The van der Waals surface area contributed by atoms with E-state index >= 15 is 0 Å². The molecule has 0 aromatic heterocycles. The van der Waals surface area contributed by atoms with Crippen molar-refractivity contribution >= 4 is 5.69 Å². The van der Waals surface area contributed by atoms with Gasteiger partial charge >= 0.3 is 0 Å². The van der Waals surface area contributed by atoms with E-state index in [0.29, 0.717) is 11.8 Å². The van der Waals surface area contributed by atoms with E-state index in [2.05, 4.69) is 29.6 Å². The van der Waals surface area contributed by atoms with Crippen molar-refractivity contribution in [3.05, 3.63) is 53.6 Å². The summed E-state index contributed by atoms with van der Waals surface area (Å²) in [4.78, 5) is 0. The molecule has 2 N–H and O–H groups in total. The summed E-state index contributed by atoms with van der Waals surface area (Å²) in [5.41, 5.74) is 3.72. The molecule has 1 atom stereocenters. The highest BCUT2D eigenvalue weighted by Crippen LogP contribution is 2.35. The zero-order valence-corrected chi connectivity index (χ0v) is 11.6. The number of methoxy groups -OCH3 is 1. The van der Waals surface area contributed by atoms with Crippen LogP contribution in [-0.4, -0.2) is 12.2 Å². The maximum absolute atomic E-state index is 9.85. The number of aryl methyl sites for hydroxylation is 1. The van der Waals surface area contributed by atoms with E-state index < -0.39 is 0 Å². The van der Waals surface area contributed by atoms with E-state index in [1.165, 1.54) is 17.5 Å². The van der Waals surface area contributed by atoms with Crippen molar-refractivity contribution in [1.29, 1.82) is 0 Å². The molecule has 1 aliphatic rings. The number of nitrogens with one attached hydrogen (secondary N) is 1. The molecule has 3 heteroatoms. The van der Waals surface area contributed by atoms with Gasteiger partial charge in [-0.05, 0) is 42.5 Å². The molecule has 0 saturated carbocycles. The highest BCUT2D eigenvalue weighted by atomic mass is 16.5. The van der Waals surface area contributed by atoms with Crippen LogP contribution in [0.15, 0.2) is 42.5 Å². The van der Waals surface area contributed by atoms with Gasteiger partial charge in [0.05, 0.1) is 13.2 Å². The fourth-order valence-electron chi connectivity index (χ4n) is 2.88. The standard InChI is InChI=1S/C17H19NO2/c1-20-17-10-9-13(11-16(17)19)18-15-8-4-6-12-5-2-3-7-14(12)15/h2-3,5,7,9-11,15,18-19H,4,6,8H2,1H3. The molecule has 20 heavy (non-hydrogen) atoms. The molecule has 0 amide bonds. The van der Waals surface area contributed by atoms with Gasteiger partial charge in [0.2, 0.25) is 0 Å². The smallest absolute Gasteiger partial charge is 0.160 e. The van der Waals surface area contributed by atoms with Gasteiger partial charge in [0.25, 0.3) is 0 Å². The van der Waals surface area contributed by atoms with Crippen molar-refractivity contribution < 1.29 is 9.84 Å². The van der Waals surface area contributed by atoms with Gasteiger partial charge < -0.3 is 15.2 Å². The number of phenols is 1. The second-order valence-corrected chi connectivity index (χ2v) is 5.17. The number of rotatable bonds is 3. The zero-order chi connectivity index (χ0) is 13.9. The van der Waals surface area contributed by atoms with Crippen molar-refractivity contribution in [1.82, 2.24) is 0 Å². The minimum absolute atomic E-state index is 0.168. The van der Waals surface area contributed by atoms with Crippen LogP contribution in [0.1, 0.15) is 30.0 Å². The average Bonchev–Trinajstić information content (AvgIpc) is 2.48. The Morgan fingerprint density at radius 3 is 2.85 bits per heavy atom. The van der Waals surface area contributed by atoms with Gasteiger partial charge in [-0.1, -0.05) is 24.3 Å². The summed E-state index contributed by atoms with van der Waals surface area (Å²) in [6.07, 6.45) is 3.46. The highest BCUT2D eigenvalue weighted by molar-refractivity contribution is 5.55. The van der Waals surface area contributed by atoms with Crippen LogP contribution in [-0.2, 0) is 6.42 Å². The third-order valence-electron chi connectivity index (χ3n) is 3.89. The predicted octanol–water partition coefficient (Wildman–Crippen LogP) is 3.89. The second kappa shape index (κ2) is 5.45. The maximum Gasteiger partial charge on any atom is 0.160 e. The van der Waals surface area contributed by atoms with Crippen LogP contribution in [0.4, 0.5) is 5.69 Å². The third kappa shape index (κ3) is 2.44. The van der Waals surface area contributed by atoms with E-state index in [4.69, 9.17) is 4.74 Å². The van der Waals surface area contributed by atoms with Crippen LogP contribution in [0, 0.1) is 0 Å². The van der Waals surface area contributed by atoms with Crippen molar-refractivity contribution in [3.8, 4) is 11.5 Å². The Kier molecular flexibility index (Phi) is 3.50. The first-order chi connectivity index (χ1) is 9.78. The van der Waals surface area contributed by atoms with Crippen LogP contribution >= 0.6 is 0 Å². The number of phenolic OH excluding ortho intramolecular Hbond substituents is 1. The van der Waals surface area contributed by atoms with Crippen molar-refractivity contribution in [3.63, 3.8) is 0 Å². The number of hydrogen-bond donors (Lipinski definition) is 2. The van der Waals surface area contributed by atoms with Crippen molar-refractivity contribution in [2.75, 3.05) is 12.4 Å². The molecule has 1 unspecified atom stereocenters. The first-order valence-corrected chi connectivity index (χ1v) is 6.99. The summed E-state index contributed by atoms with van der Waals surface area (Å²) >= 11 is 0.